The zero-order valence-corrected chi connectivity index (χ0v) is 18.2. The molecule has 0 radical (unpaired) electrons. The van der Waals surface area contributed by atoms with Crippen LogP contribution in [0.1, 0.15) is 13.2 Å². The van der Waals surface area contributed by atoms with Crippen LogP contribution in [-0.4, -0.2) is 91.1 Å². The summed E-state index contributed by atoms with van der Waals surface area (Å²) < 4.78 is 23.6. The first-order chi connectivity index (χ1) is 15.6. The number of imidazole rings is 1. The second-order valence-electron chi connectivity index (χ2n) is 6.96. The van der Waals surface area contributed by atoms with E-state index in [1.165, 1.54) is 10.9 Å². The summed E-state index contributed by atoms with van der Waals surface area (Å²) in [4.78, 5) is 46.3. The lowest BCUT2D eigenvalue weighted by Crippen LogP contribution is -2.34. The fraction of sp³-hybridized carbons (Fsp3) is 0.562. The average Bonchev–Trinajstić information content (AvgIpc) is 3.29. The van der Waals surface area contributed by atoms with E-state index in [-0.39, 0.29) is 17.0 Å². The second-order valence-corrected chi connectivity index (χ2v) is 8.76. The molecule has 6 N–H and O–H groups in total. The minimum Gasteiger partial charge on any atom is -0.778 e. The number of carboxylic acids is 1. The summed E-state index contributed by atoms with van der Waals surface area (Å²) in [6, 6.07) is -0.503. The first kappa shape index (κ1) is 24.9. The van der Waals surface area contributed by atoms with Crippen LogP contribution in [0.2, 0.25) is 0 Å². The highest BCUT2D eigenvalue weighted by Gasteiger charge is 2.44. The molecule has 0 bridgehead atoms. The average molecular weight is 488 g/mol. The van der Waals surface area contributed by atoms with Crippen LogP contribution in [0.15, 0.2) is 12.7 Å². The van der Waals surface area contributed by atoms with Gasteiger partial charge in [-0.25, -0.2) is 19.7 Å². The second kappa shape index (κ2) is 10.5. The zero-order chi connectivity index (χ0) is 24.2. The number of aliphatic hydroxyl groups excluding tert-OH is 2. The molecule has 16 nitrogen and oxygen atoms in total. The normalized spacial score (nSPS) is 24.5. The largest absolute Gasteiger partial charge is 0.778 e. The molecule has 1 unspecified atom stereocenters. The molecule has 0 aromatic carbocycles. The maximum Gasteiger partial charge on any atom is 0.320 e. The predicted molar refractivity (Wildman–Crippen MR) is 108 cm³/mol. The Balaban J connectivity index is 1.70. The van der Waals surface area contributed by atoms with Gasteiger partial charge in [-0.2, -0.15) is 0 Å². The first-order valence-electron chi connectivity index (χ1n) is 9.74. The number of ether oxygens (including phenoxy) is 1. The van der Waals surface area contributed by atoms with Gasteiger partial charge in [-0.05, 0) is 6.92 Å². The molecule has 1 aliphatic heterocycles. The zero-order valence-electron chi connectivity index (χ0n) is 17.3. The Labute approximate surface area is 186 Å². The summed E-state index contributed by atoms with van der Waals surface area (Å²) in [5, 5.41) is 36.5. The number of fused-ring (bicyclic) bond motifs is 1. The molecule has 1 fully saturated rings. The van der Waals surface area contributed by atoms with Gasteiger partial charge in [-0.1, -0.05) is 0 Å². The van der Waals surface area contributed by atoms with Gasteiger partial charge >= 0.3 is 12.0 Å². The smallest absolute Gasteiger partial charge is 0.320 e. The van der Waals surface area contributed by atoms with Gasteiger partial charge in [0.15, 0.2) is 23.2 Å². The molecule has 3 rings (SSSR count). The fourth-order valence-corrected chi connectivity index (χ4v) is 3.92. The highest BCUT2D eigenvalue weighted by molar-refractivity contribution is 7.51. The van der Waals surface area contributed by atoms with Crippen LogP contribution in [0.4, 0.5) is 10.6 Å². The molecule has 0 spiro atoms. The van der Waals surface area contributed by atoms with E-state index in [1.807, 2.05) is 0 Å². The van der Waals surface area contributed by atoms with Crippen LogP contribution in [0, 0.1) is 0 Å². The molecule has 182 valence electrons. The molecule has 1 aliphatic rings. The number of aliphatic carboxylic acids is 1. The van der Waals surface area contributed by atoms with Gasteiger partial charge in [-0.15, -0.1) is 0 Å². The molecule has 0 aliphatic carbocycles. The van der Waals surface area contributed by atoms with E-state index in [1.54, 1.807) is 6.92 Å². The Morgan fingerprint density at radius 3 is 2.76 bits per heavy atom. The van der Waals surface area contributed by atoms with Crippen molar-refractivity contribution in [3.8, 4) is 0 Å². The number of carboxylic acid groups (broad SMARTS) is 1. The Morgan fingerprint density at radius 2 is 2.06 bits per heavy atom. The van der Waals surface area contributed by atoms with E-state index in [0.29, 0.717) is 6.54 Å². The highest BCUT2D eigenvalue weighted by atomic mass is 31.2. The highest BCUT2D eigenvalue weighted by Crippen LogP contribution is 2.38. The van der Waals surface area contributed by atoms with Crippen molar-refractivity contribution in [1.29, 1.82) is 0 Å². The number of urea groups is 1. The minimum atomic E-state index is -4.48. The molecule has 2 aromatic heterocycles. The SMILES string of the molecule is CCNC(=O)Nc1ncnc2c1ncn2[C@@H]1O[C@H](COP(=O)([O-])CNCC(=O)O)[C@H](O)[C@@H]1O. The van der Waals surface area contributed by atoms with E-state index in [9.17, 15) is 29.3 Å². The number of anilines is 1. The number of nitrogens with zero attached hydrogens (tertiary/aromatic N) is 4. The van der Waals surface area contributed by atoms with Crippen molar-refractivity contribution in [2.75, 3.05) is 31.3 Å². The van der Waals surface area contributed by atoms with E-state index >= 15 is 0 Å². The van der Waals surface area contributed by atoms with Gasteiger partial charge in [0.25, 0.3) is 0 Å². The molecule has 2 amide bonds. The fourth-order valence-electron chi connectivity index (χ4n) is 3.07. The predicted octanol–water partition coefficient (Wildman–Crippen LogP) is -2.21. The summed E-state index contributed by atoms with van der Waals surface area (Å²) in [6.45, 7) is 0.942. The standard InChI is InChI=1S/C16H24N7O9P/c1-2-18-16(28)22-13-10-14(20-5-19-13)23(6-21-10)15-12(27)11(26)8(32-15)4-31-33(29,30)7-17-3-9(24)25/h5-6,8,11-12,15,17,26-27H,2-4,7H2,1H3,(H,24,25)(H,29,30)(H2,18,19,20,22,28)/p-1/t8-,11+,12+,15-/m1/s1. The molecular weight excluding hydrogens is 465 g/mol. The number of rotatable bonds is 10. The van der Waals surface area contributed by atoms with Crippen LogP contribution in [0.3, 0.4) is 0 Å². The number of carbonyl (C=O) groups is 2. The minimum absolute atomic E-state index is 0.110. The number of carbonyl (C=O) groups excluding carboxylic acids is 1. The monoisotopic (exact) mass is 488 g/mol. The number of hydrogen-bond donors (Lipinski definition) is 6. The van der Waals surface area contributed by atoms with Crippen molar-refractivity contribution in [2.45, 2.75) is 31.5 Å². The Morgan fingerprint density at radius 1 is 1.30 bits per heavy atom. The third-order valence-electron chi connectivity index (χ3n) is 4.56. The molecule has 3 heterocycles. The Bertz CT molecular complexity index is 1050. The van der Waals surface area contributed by atoms with Gasteiger partial charge in [0, 0.05) is 6.54 Å². The van der Waals surface area contributed by atoms with Crippen LogP contribution in [0.5, 0.6) is 0 Å². The van der Waals surface area contributed by atoms with Crippen LogP contribution in [-0.2, 0) is 18.6 Å². The van der Waals surface area contributed by atoms with Gasteiger partial charge < -0.3 is 39.4 Å². The molecule has 17 heteroatoms. The van der Waals surface area contributed by atoms with E-state index in [0.717, 1.165) is 6.33 Å². The van der Waals surface area contributed by atoms with Crippen LogP contribution < -0.4 is 20.8 Å². The Kier molecular flexibility index (Phi) is 7.91. The van der Waals surface area contributed by atoms with Crippen molar-refractivity contribution >= 4 is 36.6 Å². The van der Waals surface area contributed by atoms with Gasteiger partial charge in [0.05, 0.1) is 25.8 Å². The number of hydrogen-bond acceptors (Lipinski definition) is 12. The summed E-state index contributed by atoms with van der Waals surface area (Å²) in [5.74, 6) is -1.13. The molecular formula is C16H23N7O9P-. The van der Waals surface area contributed by atoms with Crippen molar-refractivity contribution in [1.82, 2.24) is 30.2 Å². The maximum atomic E-state index is 11.9. The lowest BCUT2D eigenvalue weighted by molar-refractivity contribution is -0.202. The van der Waals surface area contributed by atoms with Gasteiger partial charge in [-0.3, -0.25) is 20.0 Å². The quantitative estimate of drug-likeness (QED) is 0.195. The van der Waals surface area contributed by atoms with Gasteiger partial charge in [0.1, 0.15) is 32.2 Å². The van der Waals surface area contributed by atoms with Crippen molar-refractivity contribution in [2.24, 2.45) is 0 Å². The number of amides is 2. The summed E-state index contributed by atoms with van der Waals surface area (Å²) >= 11 is 0. The van der Waals surface area contributed by atoms with E-state index < -0.39 is 63.6 Å². The third kappa shape index (κ3) is 6.00. The number of aliphatic hydroxyl groups is 2. The molecule has 1 saturated heterocycles. The molecule has 33 heavy (non-hydrogen) atoms. The Hall–Kier alpha value is -2.72. The number of nitrogens with one attached hydrogen (secondary N) is 3. The number of aromatic nitrogens is 4. The van der Waals surface area contributed by atoms with Gasteiger partial charge in [0.2, 0.25) is 0 Å². The van der Waals surface area contributed by atoms with E-state index in [4.69, 9.17) is 14.4 Å². The lowest BCUT2D eigenvalue weighted by atomic mass is 10.1. The van der Waals surface area contributed by atoms with Crippen molar-refractivity contribution in [3.05, 3.63) is 12.7 Å². The molecule has 0 saturated carbocycles. The maximum absolute atomic E-state index is 11.9. The topological polar surface area (TPSA) is 233 Å². The van der Waals surface area contributed by atoms with Crippen LogP contribution in [0.25, 0.3) is 11.2 Å². The lowest BCUT2D eigenvalue weighted by Gasteiger charge is -2.25. The molecule has 2 aromatic rings. The van der Waals surface area contributed by atoms with Crippen LogP contribution >= 0.6 is 7.60 Å². The summed E-state index contributed by atoms with van der Waals surface area (Å²) in [5.41, 5.74) is 0.379. The third-order valence-corrected chi connectivity index (χ3v) is 5.71. The summed E-state index contributed by atoms with van der Waals surface area (Å²) in [7, 11) is -4.48. The summed E-state index contributed by atoms with van der Waals surface area (Å²) in [6.07, 6.45) is -3.71. The van der Waals surface area contributed by atoms with Crippen molar-refractivity contribution in [3.63, 3.8) is 0 Å². The van der Waals surface area contributed by atoms with Crippen molar-refractivity contribution < 1.29 is 43.6 Å². The first-order valence-corrected chi connectivity index (χ1v) is 11.5. The molecule has 5 atom stereocenters. The van der Waals surface area contributed by atoms with E-state index in [2.05, 4.69) is 30.9 Å².